The normalized spacial score (nSPS) is 15.2. The van der Waals surface area contributed by atoms with Gasteiger partial charge in [-0.05, 0) is 72.9 Å². The minimum absolute atomic E-state index is 0.105. The molecule has 1 heterocycles. The fourth-order valence-electron chi connectivity index (χ4n) is 3.43. The Kier molecular flexibility index (Phi) is 7.24. The van der Waals surface area contributed by atoms with Crippen LogP contribution in [0.15, 0.2) is 83.8 Å². The van der Waals surface area contributed by atoms with Crippen molar-refractivity contribution in [1.29, 1.82) is 0 Å². The third kappa shape index (κ3) is 5.44. The van der Waals surface area contributed by atoms with Gasteiger partial charge in [0.05, 0.1) is 23.6 Å². The van der Waals surface area contributed by atoms with Gasteiger partial charge < -0.3 is 15.4 Å². The van der Waals surface area contributed by atoms with Gasteiger partial charge in [0.1, 0.15) is 0 Å². The Morgan fingerprint density at radius 3 is 2.18 bits per heavy atom. The highest BCUT2D eigenvalue weighted by atomic mass is 32.2. The van der Waals surface area contributed by atoms with Crippen molar-refractivity contribution in [1.82, 2.24) is 0 Å². The lowest BCUT2D eigenvalue weighted by atomic mass is 10.2. The van der Waals surface area contributed by atoms with Crippen LogP contribution in [-0.2, 0) is 14.3 Å². The zero-order valence-corrected chi connectivity index (χ0v) is 19.8. The van der Waals surface area contributed by atoms with Gasteiger partial charge in [-0.1, -0.05) is 18.2 Å². The molecule has 1 aliphatic heterocycles. The third-order valence-electron chi connectivity index (χ3n) is 5.07. The van der Waals surface area contributed by atoms with Crippen molar-refractivity contribution in [2.24, 2.45) is 0 Å². The van der Waals surface area contributed by atoms with Crippen molar-refractivity contribution in [3.63, 3.8) is 0 Å². The number of nitrogens with zero attached hydrogens (tertiary/aromatic N) is 1. The van der Waals surface area contributed by atoms with Crippen molar-refractivity contribution in [3.05, 3.63) is 84.4 Å². The highest BCUT2D eigenvalue weighted by Crippen LogP contribution is 2.34. The lowest BCUT2D eigenvalue weighted by molar-refractivity contribution is -0.121. The van der Waals surface area contributed by atoms with Gasteiger partial charge in [-0.3, -0.25) is 9.59 Å². The second kappa shape index (κ2) is 10.5. The molecule has 0 aromatic heterocycles. The Bertz CT molecular complexity index is 1220. The number of nitrogens with one attached hydrogen (secondary N) is 2. The van der Waals surface area contributed by atoms with Gasteiger partial charge in [0, 0.05) is 22.7 Å². The monoisotopic (exact) mass is 491 g/mol. The minimum atomic E-state index is -0.521. The summed E-state index contributed by atoms with van der Waals surface area (Å²) in [6, 6.07) is 23.3. The molecule has 2 amide bonds. The topological polar surface area (TPSA) is 87.7 Å². The molecule has 1 aliphatic rings. The summed E-state index contributed by atoms with van der Waals surface area (Å²) in [4.78, 5) is 39.1. The summed E-state index contributed by atoms with van der Waals surface area (Å²) < 4.78 is 4.68. The van der Waals surface area contributed by atoms with Crippen molar-refractivity contribution in [3.8, 4) is 0 Å². The molecule has 0 radical (unpaired) electrons. The number of thioether (sulfide) groups is 1. The van der Waals surface area contributed by atoms with Crippen LogP contribution in [0.25, 0.3) is 0 Å². The van der Waals surface area contributed by atoms with Crippen LogP contribution in [0.4, 0.5) is 17.1 Å². The fraction of sp³-hybridized carbons (Fsp3) is 0.120. The number of para-hydroxylation sites is 1. The third-order valence-corrected chi connectivity index (χ3v) is 6.48. The summed E-state index contributed by atoms with van der Waals surface area (Å²) in [5, 5.41) is 6.18. The zero-order valence-electron chi connectivity index (χ0n) is 18.2. The first-order chi connectivity index (χ1) is 16.4. The van der Waals surface area contributed by atoms with Crippen LogP contribution in [0.3, 0.4) is 0 Å². The van der Waals surface area contributed by atoms with Crippen LogP contribution in [0.2, 0.25) is 0 Å². The van der Waals surface area contributed by atoms with Crippen LogP contribution >= 0.6 is 24.0 Å². The molecule has 0 saturated carbocycles. The molecule has 34 heavy (non-hydrogen) atoms. The molecule has 7 nitrogen and oxygen atoms in total. The largest absolute Gasteiger partial charge is 0.465 e. The molecule has 0 aliphatic carbocycles. The number of methoxy groups -OCH3 is 1. The van der Waals surface area contributed by atoms with Crippen molar-refractivity contribution >= 4 is 63.9 Å². The molecule has 1 fully saturated rings. The number of benzene rings is 3. The van der Waals surface area contributed by atoms with Crippen molar-refractivity contribution < 1.29 is 19.1 Å². The molecular formula is C25H21N3O4S2. The van der Waals surface area contributed by atoms with E-state index in [-0.39, 0.29) is 18.2 Å². The highest BCUT2D eigenvalue weighted by molar-refractivity contribution is 8.00. The molecule has 3 aromatic rings. The number of carbonyl (C=O) groups is 3. The van der Waals surface area contributed by atoms with Gasteiger partial charge in [-0.15, -0.1) is 11.8 Å². The molecule has 1 saturated heterocycles. The zero-order chi connectivity index (χ0) is 24.1. The molecule has 3 aromatic carbocycles. The maximum atomic E-state index is 12.9. The number of imide groups is 1. The summed E-state index contributed by atoms with van der Waals surface area (Å²) in [6.45, 7) is 0. The van der Waals surface area contributed by atoms with Crippen molar-refractivity contribution in [2.45, 2.75) is 16.6 Å². The summed E-state index contributed by atoms with van der Waals surface area (Å²) in [7, 11) is 1.30. The summed E-state index contributed by atoms with van der Waals surface area (Å²) in [6.07, 6.45) is 0.105. The number of amides is 2. The van der Waals surface area contributed by atoms with Gasteiger partial charge in [0.2, 0.25) is 11.8 Å². The lowest BCUT2D eigenvalue weighted by Crippen LogP contribution is -2.31. The fourth-order valence-corrected chi connectivity index (χ4v) is 4.72. The van der Waals surface area contributed by atoms with E-state index in [0.717, 1.165) is 16.3 Å². The Morgan fingerprint density at radius 1 is 0.941 bits per heavy atom. The number of hydrogen-bond donors (Lipinski definition) is 2. The minimum Gasteiger partial charge on any atom is -0.465 e. The van der Waals surface area contributed by atoms with Gasteiger partial charge in [0.15, 0.2) is 5.11 Å². The van der Waals surface area contributed by atoms with Gasteiger partial charge >= 0.3 is 5.97 Å². The maximum Gasteiger partial charge on any atom is 0.337 e. The average molecular weight is 492 g/mol. The smallest absolute Gasteiger partial charge is 0.337 e. The molecule has 1 unspecified atom stereocenters. The van der Waals surface area contributed by atoms with Crippen molar-refractivity contribution in [2.75, 3.05) is 22.6 Å². The average Bonchev–Trinajstić information content (AvgIpc) is 3.13. The Balaban J connectivity index is 1.36. The summed E-state index contributed by atoms with van der Waals surface area (Å²) in [5.41, 5.74) is 2.48. The number of esters is 1. The second-order valence-corrected chi connectivity index (χ2v) is 9.07. The van der Waals surface area contributed by atoms with E-state index in [2.05, 4.69) is 15.4 Å². The quantitative estimate of drug-likeness (QED) is 0.291. The first kappa shape index (κ1) is 23.5. The Morgan fingerprint density at radius 2 is 1.56 bits per heavy atom. The van der Waals surface area contributed by atoms with Crippen LogP contribution < -0.4 is 15.5 Å². The Hall–Kier alpha value is -3.69. The lowest BCUT2D eigenvalue weighted by Gasteiger charge is -2.15. The van der Waals surface area contributed by atoms with E-state index in [1.54, 1.807) is 12.1 Å². The van der Waals surface area contributed by atoms with Crippen LogP contribution in [0, 0.1) is 0 Å². The molecule has 172 valence electrons. The van der Waals surface area contributed by atoms with E-state index < -0.39 is 11.2 Å². The number of carbonyl (C=O) groups excluding carboxylic acids is 3. The second-order valence-electron chi connectivity index (χ2n) is 7.39. The molecule has 0 spiro atoms. The van der Waals surface area contributed by atoms with Gasteiger partial charge in [-0.2, -0.15) is 0 Å². The molecule has 4 rings (SSSR count). The predicted molar refractivity (Wildman–Crippen MR) is 137 cm³/mol. The van der Waals surface area contributed by atoms with E-state index in [9.17, 15) is 14.4 Å². The van der Waals surface area contributed by atoms with Gasteiger partial charge in [-0.25, -0.2) is 9.69 Å². The SMILES string of the molecule is COC(=O)c1ccc(N2C(=O)CC(Sc3ccc(NC(=S)Nc4ccccc4)cc3)C2=O)cc1. The maximum absolute atomic E-state index is 12.9. The first-order valence-electron chi connectivity index (χ1n) is 10.4. The summed E-state index contributed by atoms with van der Waals surface area (Å²) >= 11 is 6.68. The number of ether oxygens (including phenoxy) is 1. The molecule has 2 N–H and O–H groups in total. The predicted octanol–water partition coefficient (Wildman–Crippen LogP) is 4.71. The molecule has 1 atom stereocenters. The number of rotatable bonds is 6. The number of hydrogen-bond acceptors (Lipinski definition) is 6. The molecule has 0 bridgehead atoms. The molecule has 9 heteroatoms. The van der Waals surface area contributed by atoms with E-state index in [4.69, 9.17) is 12.2 Å². The van der Waals surface area contributed by atoms with E-state index in [0.29, 0.717) is 16.4 Å². The highest BCUT2D eigenvalue weighted by Gasteiger charge is 2.40. The van der Waals surface area contributed by atoms with E-state index >= 15 is 0 Å². The van der Waals surface area contributed by atoms with Crippen LogP contribution in [0.5, 0.6) is 0 Å². The van der Waals surface area contributed by atoms with Gasteiger partial charge in [0.25, 0.3) is 0 Å². The number of thiocarbonyl (C=S) groups is 1. The number of anilines is 3. The van der Waals surface area contributed by atoms with Crippen LogP contribution in [0.1, 0.15) is 16.8 Å². The van der Waals surface area contributed by atoms with E-state index in [1.807, 2.05) is 54.6 Å². The Labute approximate surface area is 206 Å². The standard InChI is InChI=1S/C25H21N3O4S2/c1-32-24(31)16-7-11-19(12-8-16)28-22(29)15-21(23(28)30)34-20-13-9-18(10-14-20)27-25(33)26-17-5-3-2-4-6-17/h2-14,21H,15H2,1H3,(H2,26,27,33). The molecular weight excluding hydrogens is 470 g/mol. The first-order valence-corrected chi connectivity index (χ1v) is 11.7. The summed E-state index contributed by atoms with van der Waals surface area (Å²) in [5.74, 6) is -1.03. The van der Waals surface area contributed by atoms with E-state index in [1.165, 1.54) is 35.9 Å². The van der Waals surface area contributed by atoms with Crippen LogP contribution in [-0.4, -0.2) is 35.3 Å².